The lowest BCUT2D eigenvalue weighted by molar-refractivity contribution is -0.387. The molecule has 0 aliphatic heterocycles. The molecule has 1 heterocycles. The number of carbonyl (C=O) groups excluding carboxylic acids is 2. The molecular weight excluding hydrogens is 323 g/mol. The van der Waals surface area contributed by atoms with Crippen LogP contribution < -0.4 is 5.32 Å². The third-order valence-corrected chi connectivity index (χ3v) is 3.02. The van der Waals surface area contributed by atoms with E-state index in [4.69, 9.17) is 9.15 Å². The van der Waals surface area contributed by atoms with Gasteiger partial charge in [-0.15, -0.1) is 0 Å². The number of halogens is 1. The fourth-order valence-corrected chi connectivity index (χ4v) is 1.97. The van der Waals surface area contributed by atoms with E-state index in [1.54, 1.807) is 13.8 Å². The fraction of sp³-hybridized carbons (Fsp3) is 0.200. The van der Waals surface area contributed by atoms with Gasteiger partial charge in [0.05, 0.1) is 4.92 Å². The van der Waals surface area contributed by atoms with Crippen LogP contribution in [0, 0.1) is 29.8 Å². The van der Waals surface area contributed by atoms with Crippen molar-refractivity contribution in [1.82, 2.24) is 0 Å². The molecule has 0 atom stereocenters. The number of carbonyl (C=O) groups is 2. The summed E-state index contributed by atoms with van der Waals surface area (Å²) >= 11 is 0. The first-order valence-electron chi connectivity index (χ1n) is 6.76. The van der Waals surface area contributed by atoms with Gasteiger partial charge in [0.2, 0.25) is 5.82 Å². The largest absolute Gasteiger partial charge is 0.466 e. The number of nitrogens with one attached hydrogen (secondary N) is 1. The Bertz CT molecular complexity index is 814. The Hall–Kier alpha value is -3.23. The standard InChI is InChI=1S/C15H13FN2O6/c1-8-5-11(9(2)24-8)15(20)23-7-14(19)17-10-3-4-12(16)13(6-10)18(21)22/h3-6H,7H2,1-2H3,(H,17,19). The van der Waals surface area contributed by atoms with Crippen LogP contribution in [0.15, 0.2) is 28.7 Å². The van der Waals surface area contributed by atoms with Gasteiger partial charge in [-0.25, -0.2) is 4.79 Å². The highest BCUT2D eigenvalue weighted by atomic mass is 19.1. The molecular formula is C15H13FN2O6. The molecule has 2 aromatic rings. The van der Waals surface area contributed by atoms with Crippen molar-refractivity contribution in [3.8, 4) is 0 Å². The van der Waals surface area contributed by atoms with E-state index >= 15 is 0 Å². The van der Waals surface area contributed by atoms with Gasteiger partial charge in [0.25, 0.3) is 5.91 Å². The summed E-state index contributed by atoms with van der Waals surface area (Å²) in [4.78, 5) is 33.3. The van der Waals surface area contributed by atoms with Gasteiger partial charge in [0, 0.05) is 11.8 Å². The van der Waals surface area contributed by atoms with Crippen molar-refractivity contribution in [3.05, 3.63) is 57.3 Å². The number of nitro groups is 1. The van der Waals surface area contributed by atoms with E-state index in [-0.39, 0.29) is 11.3 Å². The molecule has 8 nitrogen and oxygen atoms in total. The van der Waals surface area contributed by atoms with Crippen molar-refractivity contribution >= 4 is 23.3 Å². The van der Waals surface area contributed by atoms with Crippen LogP contribution in [-0.2, 0) is 9.53 Å². The van der Waals surface area contributed by atoms with Crippen molar-refractivity contribution in [3.63, 3.8) is 0 Å². The quantitative estimate of drug-likeness (QED) is 0.510. The van der Waals surface area contributed by atoms with Crippen LogP contribution in [0.4, 0.5) is 15.8 Å². The summed E-state index contributed by atoms with van der Waals surface area (Å²) in [6.45, 7) is 2.65. The lowest BCUT2D eigenvalue weighted by Crippen LogP contribution is -2.21. The maximum atomic E-state index is 13.2. The Morgan fingerprint density at radius 3 is 2.62 bits per heavy atom. The molecule has 0 aliphatic carbocycles. The average molecular weight is 336 g/mol. The lowest BCUT2D eigenvalue weighted by atomic mass is 10.2. The molecule has 0 fully saturated rings. The molecule has 2 rings (SSSR count). The van der Waals surface area contributed by atoms with Crippen LogP contribution in [0.1, 0.15) is 21.9 Å². The lowest BCUT2D eigenvalue weighted by Gasteiger charge is -2.06. The zero-order valence-corrected chi connectivity index (χ0v) is 12.8. The van der Waals surface area contributed by atoms with E-state index in [2.05, 4.69) is 5.32 Å². The van der Waals surface area contributed by atoms with Crippen molar-refractivity contribution in [1.29, 1.82) is 0 Å². The SMILES string of the molecule is Cc1cc(C(=O)OCC(=O)Nc2ccc(F)c([N+](=O)[O-])c2)c(C)o1. The van der Waals surface area contributed by atoms with E-state index < -0.39 is 34.9 Å². The summed E-state index contributed by atoms with van der Waals surface area (Å²) in [5.41, 5.74) is -0.550. The number of esters is 1. The Morgan fingerprint density at radius 2 is 2.04 bits per heavy atom. The zero-order chi connectivity index (χ0) is 17.9. The second-order valence-electron chi connectivity index (χ2n) is 4.87. The molecule has 0 saturated carbocycles. The number of aryl methyl sites for hydroxylation is 2. The minimum atomic E-state index is -1.02. The van der Waals surface area contributed by atoms with Gasteiger partial charge in [-0.3, -0.25) is 14.9 Å². The van der Waals surface area contributed by atoms with E-state index in [1.165, 1.54) is 6.07 Å². The van der Waals surface area contributed by atoms with Crippen LogP contribution in [0.2, 0.25) is 0 Å². The van der Waals surface area contributed by atoms with Crippen LogP contribution in [0.25, 0.3) is 0 Å². The molecule has 0 aliphatic rings. The van der Waals surface area contributed by atoms with Crippen LogP contribution in [0.3, 0.4) is 0 Å². The highest BCUT2D eigenvalue weighted by molar-refractivity contribution is 5.96. The normalized spacial score (nSPS) is 10.3. The Kier molecular flexibility index (Phi) is 4.93. The molecule has 0 radical (unpaired) electrons. The van der Waals surface area contributed by atoms with E-state index in [1.807, 2.05) is 0 Å². The van der Waals surface area contributed by atoms with Gasteiger partial charge < -0.3 is 14.5 Å². The van der Waals surface area contributed by atoms with Gasteiger partial charge >= 0.3 is 11.7 Å². The first kappa shape index (κ1) is 17.1. The third kappa shape index (κ3) is 3.94. The monoisotopic (exact) mass is 336 g/mol. The molecule has 0 saturated heterocycles. The first-order valence-corrected chi connectivity index (χ1v) is 6.76. The molecule has 126 valence electrons. The highest BCUT2D eigenvalue weighted by Gasteiger charge is 2.18. The Morgan fingerprint density at radius 1 is 1.33 bits per heavy atom. The number of benzene rings is 1. The van der Waals surface area contributed by atoms with Crippen LogP contribution in [0.5, 0.6) is 0 Å². The summed E-state index contributed by atoms with van der Waals surface area (Å²) in [6.07, 6.45) is 0. The number of anilines is 1. The zero-order valence-electron chi connectivity index (χ0n) is 12.8. The maximum absolute atomic E-state index is 13.2. The number of rotatable bonds is 5. The van der Waals surface area contributed by atoms with Gasteiger partial charge in [-0.1, -0.05) is 0 Å². The molecule has 0 bridgehead atoms. The van der Waals surface area contributed by atoms with Gasteiger partial charge in [-0.05, 0) is 32.0 Å². The minimum absolute atomic E-state index is 0.0134. The predicted octanol–water partition coefficient (Wildman–Crippen LogP) is 2.74. The summed E-state index contributed by atoms with van der Waals surface area (Å²) in [6, 6.07) is 4.38. The minimum Gasteiger partial charge on any atom is -0.466 e. The van der Waals surface area contributed by atoms with E-state index in [0.29, 0.717) is 11.5 Å². The molecule has 9 heteroatoms. The summed E-state index contributed by atoms with van der Waals surface area (Å²) in [5, 5.41) is 12.9. The molecule has 1 aromatic carbocycles. The van der Waals surface area contributed by atoms with Crippen molar-refractivity contribution in [2.45, 2.75) is 13.8 Å². The second kappa shape index (κ2) is 6.90. The molecule has 1 amide bonds. The molecule has 0 unspecified atom stereocenters. The molecule has 1 N–H and O–H groups in total. The van der Waals surface area contributed by atoms with Crippen molar-refractivity contribution in [2.24, 2.45) is 0 Å². The third-order valence-electron chi connectivity index (χ3n) is 3.02. The fourth-order valence-electron chi connectivity index (χ4n) is 1.97. The van der Waals surface area contributed by atoms with Gasteiger partial charge in [0.1, 0.15) is 17.1 Å². The predicted molar refractivity (Wildman–Crippen MR) is 80.1 cm³/mol. The number of hydrogen-bond donors (Lipinski definition) is 1. The number of nitro benzene ring substituents is 1. The summed E-state index contributed by atoms with van der Waals surface area (Å²) in [5.74, 6) is -1.57. The smallest absolute Gasteiger partial charge is 0.342 e. The number of nitrogens with zero attached hydrogens (tertiary/aromatic N) is 1. The van der Waals surface area contributed by atoms with Crippen molar-refractivity contribution in [2.75, 3.05) is 11.9 Å². The number of hydrogen-bond acceptors (Lipinski definition) is 6. The number of amides is 1. The molecule has 0 spiro atoms. The second-order valence-corrected chi connectivity index (χ2v) is 4.87. The number of furan rings is 1. The Balaban J connectivity index is 1.96. The summed E-state index contributed by atoms with van der Waals surface area (Å²) < 4.78 is 23.2. The van der Waals surface area contributed by atoms with Crippen LogP contribution >= 0.6 is 0 Å². The summed E-state index contributed by atoms with van der Waals surface area (Å²) in [7, 11) is 0. The Labute approximate surface area is 135 Å². The number of ether oxygens (including phenoxy) is 1. The first-order chi connectivity index (χ1) is 11.3. The van der Waals surface area contributed by atoms with Crippen molar-refractivity contribution < 1.29 is 28.1 Å². The van der Waals surface area contributed by atoms with Crippen LogP contribution in [-0.4, -0.2) is 23.4 Å². The van der Waals surface area contributed by atoms with Gasteiger partial charge in [-0.2, -0.15) is 4.39 Å². The topological polar surface area (TPSA) is 112 Å². The average Bonchev–Trinajstić information content (AvgIpc) is 2.85. The highest BCUT2D eigenvalue weighted by Crippen LogP contribution is 2.21. The van der Waals surface area contributed by atoms with E-state index in [0.717, 1.165) is 18.2 Å². The molecule has 1 aromatic heterocycles. The maximum Gasteiger partial charge on any atom is 0.342 e. The molecule has 24 heavy (non-hydrogen) atoms. The van der Waals surface area contributed by atoms with Gasteiger partial charge in [0.15, 0.2) is 6.61 Å². The van der Waals surface area contributed by atoms with E-state index in [9.17, 15) is 24.1 Å².